The third-order valence-electron chi connectivity index (χ3n) is 3.65. The number of halogens is 2. The highest BCUT2D eigenvalue weighted by atomic mass is 32.2. The fourth-order valence-corrected chi connectivity index (χ4v) is 3.14. The normalized spacial score (nSPS) is 12.2. The van der Waals surface area contributed by atoms with Crippen molar-refractivity contribution in [3.63, 3.8) is 0 Å². The van der Waals surface area contributed by atoms with Crippen molar-refractivity contribution in [3.8, 4) is 0 Å². The smallest absolute Gasteiger partial charge is 0.200 e. The fourth-order valence-electron chi connectivity index (χ4n) is 2.07. The maximum atomic E-state index is 13.3. The Labute approximate surface area is 141 Å². The Morgan fingerprint density at radius 2 is 1.75 bits per heavy atom. The molecule has 0 amide bonds. The molecule has 0 aliphatic heterocycles. The van der Waals surface area contributed by atoms with E-state index in [0.717, 1.165) is 12.1 Å². The molecular weight excluding hydrogens is 334 g/mol. The van der Waals surface area contributed by atoms with Gasteiger partial charge in [0.05, 0.1) is 16.6 Å². The number of rotatable bonds is 4. The van der Waals surface area contributed by atoms with Crippen LogP contribution in [0.3, 0.4) is 0 Å². The molecule has 0 aliphatic rings. The van der Waals surface area contributed by atoms with Crippen LogP contribution >= 0.6 is 0 Å². The minimum atomic E-state index is -3.51. The van der Waals surface area contributed by atoms with E-state index in [1.54, 1.807) is 38.8 Å². The summed E-state index contributed by atoms with van der Waals surface area (Å²) in [5.74, 6) is -1.79. The summed E-state index contributed by atoms with van der Waals surface area (Å²) in [7, 11) is -1.75. The van der Waals surface area contributed by atoms with Crippen molar-refractivity contribution in [2.75, 3.05) is 11.9 Å². The van der Waals surface area contributed by atoms with Crippen LogP contribution in [0.5, 0.6) is 0 Å². The first-order valence-corrected chi connectivity index (χ1v) is 8.86. The zero-order valence-electron chi connectivity index (χ0n) is 14.0. The molecule has 0 bridgehead atoms. The molecule has 2 rings (SSSR count). The number of aromatic nitrogens is 1. The SMILES string of the molecule is CN(Cc1ccc(F)c(F)c1)c1ccc(S(=O)(=O)C(C)(C)C)nc1. The number of benzene rings is 1. The van der Waals surface area contributed by atoms with Crippen molar-refractivity contribution in [3.05, 3.63) is 53.7 Å². The Bertz CT molecular complexity index is 829. The van der Waals surface area contributed by atoms with Crippen LogP contribution in [0.15, 0.2) is 41.6 Å². The van der Waals surface area contributed by atoms with Crippen molar-refractivity contribution in [1.82, 2.24) is 4.98 Å². The number of hydrogen-bond acceptors (Lipinski definition) is 4. The number of nitrogens with zero attached hydrogens (tertiary/aromatic N) is 2. The topological polar surface area (TPSA) is 50.3 Å². The van der Waals surface area contributed by atoms with Crippen LogP contribution in [-0.2, 0) is 16.4 Å². The molecule has 1 aromatic heterocycles. The van der Waals surface area contributed by atoms with Crippen LogP contribution in [0, 0.1) is 11.6 Å². The lowest BCUT2D eigenvalue weighted by atomic mass is 10.2. The van der Waals surface area contributed by atoms with Gasteiger partial charge in [-0.2, -0.15) is 0 Å². The number of anilines is 1. The molecule has 130 valence electrons. The Kier molecular flexibility index (Phi) is 4.94. The fraction of sp³-hybridized carbons (Fsp3) is 0.353. The van der Waals surface area contributed by atoms with Gasteiger partial charge >= 0.3 is 0 Å². The van der Waals surface area contributed by atoms with E-state index in [-0.39, 0.29) is 5.03 Å². The maximum absolute atomic E-state index is 13.3. The first-order chi connectivity index (χ1) is 11.0. The van der Waals surface area contributed by atoms with Crippen LogP contribution < -0.4 is 4.90 Å². The van der Waals surface area contributed by atoms with E-state index >= 15 is 0 Å². The molecule has 7 heteroatoms. The molecule has 24 heavy (non-hydrogen) atoms. The molecule has 0 saturated heterocycles. The second-order valence-electron chi connectivity index (χ2n) is 6.57. The lowest BCUT2D eigenvalue weighted by molar-refractivity contribution is 0.507. The highest BCUT2D eigenvalue weighted by Gasteiger charge is 2.32. The first kappa shape index (κ1) is 18.3. The summed E-state index contributed by atoms with van der Waals surface area (Å²) in [5, 5.41) is 0.0139. The molecule has 0 aliphatic carbocycles. The number of sulfone groups is 1. The van der Waals surface area contributed by atoms with Gasteiger partial charge in [-0.25, -0.2) is 22.2 Å². The van der Waals surface area contributed by atoms with Crippen molar-refractivity contribution in [1.29, 1.82) is 0 Å². The molecule has 0 saturated carbocycles. The summed E-state index contributed by atoms with van der Waals surface area (Å²) in [6.07, 6.45) is 1.46. The van der Waals surface area contributed by atoms with Crippen LogP contribution in [0.2, 0.25) is 0 Å². The van der Waals surface area contributed by atoms with Gasteiger partial charge in [-0.15, -0.1) is 0 Å². The predicted molar refractivity (Wildman–Crippen MR) is 89.6 cm³/mol. The van der Waals surface area contributed by atoms with E-state index in [4.69, 9.17) is 0 Å². The third-order valence-corrected chi connectivity index (χ3v) is 6.05. The summed E-state index contributed by atoms with van der Waals surface area (Å²) in [6, 6.07) is 6.82. The van der Waals surface area contributed by atoms with E-state index in [1.807, 2.05) is 0 Å². The highest BCUT2D eigenvalue weighted by Crippen LogP contribution is 2.25. The van der Waals surface area contributed by atoms with Crippen LogP contribution in [0.25, 0.3) is 0 Å². The lowest BCUT2D eigenvalue weighted by Crippen LogP contribution is -2.28. The quantitative estimate of drug-likeness (QED) is 0.842. The second-order valence-corrected chi connectivity index (χ2v) is 9.22. The zero-order valence-corrected chi connectivity index (χ0v) is 14.9. The van der Waals surface area contributed by atoms with E-state index < -0.39 is 26.2 Å². The maximum Gasteiger partial charge on any atom is 0.200 e. The van der Waals surface area contributed by atoms with Gasteiger partial charge in [0.25, 0.3) is 0 Å². The van der Waals surface area contributed by atoms with Gasteiger partial charge in [0.15, 0.2) is 26.5 Å². The molecule has 1 aromatic carbocycles. The minimum absolute atomic E-state index is 0.0139. The summed E-state index contributed by atoms with van der Waals surface area (Å²) in [4.78, 5) is 5.82. The molecule has 2 aromatic rings. The Morgan fingerprint density at radius 3 is 2.25 bits per heavy atom. The zero-order chi connectivity index (χ0) is 18.1. The van der Waals surface area contributed by atoms with Gasteiger partial charge in [0.1, 0.15) is 0 Å². The summed E-state index contributed by atoms with van der Waals surface area (Å²) < 4.78 is 50.0. The van der Waals surface area contributed by atoms with Crippen LogP contribution in [-0.4, -0.2) is 25.2 Å². The van der Waals surface area contributed by atoms with E-state index in [0.29, 0.717) is 17.8 Å². The van der Waals surface area contributed by atoms with Crippen LogP contribution in [0.4, 0.5) is 14.5 Å². The van der Waals surface area contributed by atoms with E-state index in [9.17, 15) is 17.2 Å². The molecule has 0 spiro atoms. The van der Waals surface area contributed by atoms with Crippen LogP contribution in [0.1, 0.15) is 26.3 Å². The number of hydrogen-bond donors (Lipinski definition) is 0. The second kappa shape index (κ2) is 6.47. The molecular formula is C17H20F2N2O2S. The van der Waals surface area contributed by atoms with Gasteiger partial charge in [0, 0.05) is 13.6 Å². The van der Waals surface area contributed by atoms with Crippen molar-refractivity contribution in [2.45, 2.75) is 37.1 Å². The molecule has 1 heterocycles. The standard InChI is InChI=1S/C17H20F2N2O2S/c1-17(2,3)24(22,23)16-8-6-13(10-20-16)21(4)11-12-5-7-14(18)15(19)9-12/h5-10H,11H2,1-4H3. The van der Waals surface area contributed by atoms with Gasteiger partial charge < -0.3 is 4.90 Å². The van der Waals surface area contributed by atoms with Crippen molar-refractivity contribution in [2.24, 2.45) is 0 Å². The number of pyridine rings is 1. The highest BCUT2D eigenvalue weighted by molar-refractivity contribution is 7.92. The Morgan fingerprint density at radius 1 is 1.08 bits per heavy atom. The van der Waals surface area contributed by atoms with E-state index in [2.05, 4.69) is 4.98 Å². The van der Waals surface area contributed by atoms with E-state index in [1.165, 1.54) is 18.3 Å². The largest absolute Gasteiger partial charge is 0.369 e. The summed E-state index contributed by atoms with van der Waals surface area (Å²) in [5.41, 5.74) is 1.27. The molecule has 0 N–H and O–H groups in total. The molecule has 0 atom stereocenters. The third kappa shape index (κ3) is 3.72. The van der Waals surface area contributed by atoms with Gasteiger partial charge in [0.2, 0.25) is 0 Å². The van der Waals surface area contributed by atoms with Crippen molar-refractivity contribution >= 4 is 15.5 Å². The molecule has 0 fully saturated rings. The molecule has 0 radical (unpaired) electrons. The lowest BCUT2D eigenvalue weighted by Gasteiger charge is -2.21. The summed E-state index contributed by atoms with van der Waals surface area (Å²) >= 11 is 0. The average molecular weight is 354 g/mol. The monoisotopic (exact) mass is 354 g/mol. The first-order valence-electron chi connectivity index (χ1n) is 7.38. The predicted octanol–water partition coefficient (Wildman–Crippen LogP) is 3.57. The average Bonchev–Trinajstić information content (AvgIpc) is 2.50. The van der Waals surface area contributed by atoms with Gasteiger partial charge in [-0.1, -0.05) is 6.07 Å². The summed E-state index contributed by atoms with van der Waals surface area (Å²) in [6.45, 7) is 5.19. The van der Waals surface area contributed by atoms with Gasteiger partial charge in [-0.3, -0.25) is 0 Å². The van der Waals surface area contributed by atoms with Gasteiger partial charge in [-0.05, 0) is 50.6 Å². The molecule has 4 nitrogen and oxygen atoms in total. The molecule has 0 unspecified atom stereocenters. The minimum Gasteiger partial charge on any atom is -0.369 e. The Balaban J connectivity index is 2.20. The Hall–Kier alpha value is -2.02. The van der Waals surface area contributed by atoms with Crippen molar-refractivity contribution < 1.29 is 17.2 Å².